The first-order chi connectivity index (χ1) is 12.1. The number of amides is 1. The molecule has 4 nitrogen and oxygen atoms in total. The molecule has 2 N–H and O–H groups in total. The number of aryl methyl sites for hydroxylation is 1. The van der Waals surface area contributed by atoms with Gasteiger partial charge in [0.25, 0.3) is 0 Å². The van der Waals surface area contributed by atoms with E-state index in [0.29, 0.717) is 0 Å². The van der Waals surface area contributed by atoms with Crippen molar-refractivity contribution in [3.63, 3.8) is 0 Å². The van der Waals surface area contributed by atoms with Gasteiger partial charge in [0.1, 0.15) is 10.8 Å². The van der Waals surface area contributed by atoms with E-state index in [0.717, 1.165) is 32.6 Å². The maximum Gasteiger partial charge on any atom is 0.231 e. The van der Waals surface area contributed by atoms with Crippen LogP contribution < -0.4 is 5.32 Å². The van der Waals surface area contributed by atoms with Crippen molar-refractivity contribution in [3.05, 3.63) is 70.2 Å². The van der Waals surface area contributed by atoms with Gasteiger partial charge in [-0.15, -0.1) is 23.1 Å². The average Bonchev–Trinajstić information content (AvgIpc) is 3.04. The van der Waals surface area contributed by atoms with Crippen LogP contribution in [0.5, 0.6) is 5.75 Å². The zero-order valence-electron chi connectivity index (χ0n) is 13.7. The molecule has 0 saturated heterocycles. The predicted octanol–water partition coefficient (Wildman–Crippen LogP) is 4.63. The maximum absolute atomic E-state index is 12.1. The number of benzene rings is 2. The Morgan fingerprint density at radius 1 is 1.16 bits per heavy atom. The highest BCUT2D eigenvalue weighted by atomic mass is 32.2. The lowest BCUT2D eigenvalue weighted by Gasteiger charge is -2.04. The van der Waals surface area contributed by atoms with Crippen molar-refractivity contribution in [2.24, 2.45) is 0 Å². The molecule has 3 rings (SSSR count). The van der Waals surface area contributed by atoms with E-state index in [-0.39, 0.29) is 18.1 Å². The van der Waals surface area contributed by atoms with E-state index in [4.69, 9.17) is 0 Å². The fourth-order valence-corrected chi connectivity index (χ4v) is 3.86. The minimum atomic E-state index is -0.0593. The molecule has 0 aliphatic heterocycles. The van der Waals surface area contributed by atoms with Gasteiger partial charge in [0.05, 0.1) is 12.1 Å². The zero-order chi connectivity index (χ0) is 17.6. The molecular formula is C19H18N2O2S2. The smallest absolute Gasteiger partial charge is 0.231 e. The monoisotopic (exact) mass is 370 g/mol. The first kappa shape index (κ1) is 17.5. The Hall–Kier alpha value is -2.31. The van der Waals surface area contributed by atoms with Gasteiger partial charge in [-0.2, -0.15) is 0 Å². The molecule has 0 radical (unpaired) electrons. The van der Waals surface area contributed by atoms with Crippen molar-refractivity contribution in [2.75, 3.05) is 5.32 Å². The Balaban J connectivity index is 1.51. The largest absolute Gasteiger partial charge is 0.508 e. The second-order valence-electron chi connectivity index (χ2n) is 5.61. The van der Waals surface area contributed by atoms with Crippen LogP contribution in [-0.2, 0) is 17.0 Å². The lowest BCUT2D eigenvalue weighted by molar-refractivity contribution is -0.115. The number of rotatable bonds is 6. The maximum atomic E-state index is 12.1. The van der Waals surface area contributed by atoms with Crippen molar-refractivity contribution in [3.8, 4) is 5.75 Å². The van der Waals surface area contributed by atoms with E-state index in [1.165, 1.54) is 11.3 Å². The Morgan fingerprint density at radius 3 is 2.60 bits per heavy atom. The Labute approximate surface area is 154 Å². The molecule has 0 atom stereocenters. The minimum absolute atomic E-state index is 0.0593. The summed E-state index contributed by atoms with van der Waals surface area (Å²) in [5.41, 5.74) is 2.92. The van der Waals surface area contributed by atoms with E-state index in [1.54, 1.807) is 23.9 Å². The van der Waals surface area contributed by atoms with Gasteiger partial charge in [-0.1, -0.05) is 17.7 Å². The molecule has 0 saturated carbocycles. The van der Waals surface area contributed by atoms with Gasteiger partial charge in [0.15, 0.2) is 0 Å². The fraction of sp³-hybridized carbons (Fsp3) is 0.158. The summed E-state index contributed by atoms with van der Waals surface area (Å²) in [6, 6.07) is 14.8. The number of hydrogen-bond acceptors (Lipinski definition) is 5. The van der Waals surface area contributed by atoms with Crippen LogP contribution in [0.4, 0.5) is 5.69 Å². The van der Waals surface area contributed by atoms with E-state index >= 15 is 0 Å². The van der Waals surface area contributed by atoms with E-state index in [9.17, 15) is 9.90 Å². The predicted molar refractivity (Wildman–Crippen MR) is 103 cm³/mol. The van der Waals surface area contributed by atoms with E-state index in [1.807, 2.05) is 48.7 Å². The summed E-state index contributed by atoms with van der Waals surface area (Å²) in [6.45, 7) is 2.01. The number of nitrogens with one attached hydrogen (secondary N) is 1. The van der Waals surface area contributed by atoms with E-state index < -0.39 is 0 Å². The van der Waals surface area contributed by atoms with Crippen LogP contribution in [0.15, 0.2) is 58.8 Å². The number of carbonyl (C=O) groups is 1. The lowest BCUT2D eigenvalue weighted by Crippen LogP contribution is -2.14. The SMILES string of the molecule is Cc1ccc(NC(=O)Cc2nc(CSc3ccc(O)cc3)cs2)cc1. The Bertz CT molecular complexity index is 843. The molecule has 0 aliphatic carbocycles. The minimum Gasteiger partial charge on any atom is -0.508 e. The number of phenolic OH excluding ortho intramolecular Hbond substituents is 1. The highest BCUT2D eigenvalue weighted by Gasteiger charge is 2.09. The van der Waals surface area contributed by atoms with Crippen LogP contribution in [0, 0.1) is 6.92 Å². The van der Waals surface area contributed by atoms with Crippen LogP contribution >= 0.6 is 23.1 Å². The van der Waals surface area contributed by atoms with Crippen molar-refractivity contribution in [2.45, 2.75) is 24.0 Å². The molecule has 0 unspecified atom stereocenters. The molecule has 25 heavy (non-hydrogen) atoms. The number of thiazole rings is 1. The summed E-state index contributed by atoms with van der Waals surface area (Å²) < 4.78 is 0. The van der Waals surface area contributed by atoms with Crippen molar-refractivity contribution in [1.29, 1.82) is 0 Å². The lowest BCUT2D eigenvalue weighted by atomic mass is 10.2. The number of carbonyl (C=O) groups excluding carboxylic acids is 1. The molecule has 1 amide bonds. The van der Waals surface area contributed by atoms with Crippen LogP contribution in [0.3, 0.4) is 0 Å². The molecule has 128 valence electrons. The van der Waals surface area contributed by atoms with Gasteiger partial charge in [-0.05, 0) is 43.3 Å². The number of aromatic hydroxyl groups is 1. The highest BCUT2D eigenvalue weighted by molar-refractivity contribution is 7.98. The number of hydrogen-bond donors (Lipinski definition) is 2. The molecular weight excluding hydrogens is 352 g/mol. The topological polar surface area (TPSA) is 62.2 Å². The Kier molecular flexibility index (Phi) is 5.73. The van der Waals surface area contributed by atoms with Gasteiger partial charge in [-0.3, -0.25) is 4.79 Å². The first-order valence-electron chi connectivity index (χ1n) is 7.80. The van der Waals surface area contributed by atoms with Crippen molar-refractivity contribution < 1.29 is 9.90 Å². The summed E-state index contributed by atoms with van der Waals surface area (Å²) >= 11 is 3.15. The third-order valence-corrected chi connectivity index (χ3v) is 5.41. The summed E-state index contributed by atoms with van der Waals surface area (Å²) in [4.78, 5) is 17.7. The molecule has 0 fully saturated rings. The molecule has 3 aromatic rings. The average molecular weight is 370 g/mol. The van der Waals surface area contributed by atoms with Crippen LogP contribution in [0.25, 0.3) is 0 Å². The second kappa shape index (κ2) is 8.18. The second-order valence-corrected chi connectivity index (χ2v) is 7.60. The molecule has 1 heterocycles. The van der Waals surface area contributed by atoms with Gasteiger partial charge >= 0.3 is 0 Å². The summed E-state index contributed by atoms with van der Waals surface area (Å²) in [5.74, 6) is 0.941. The number of thioether (sulfide) groups is 1. The van der Waals surface area contributed by atoms with E-state index in [2.05, 4.69) is 10.3 Å². The summed E-state index contributed by atoms with van der Waals surface area (Å²) in [5, 5.41) is 15.0. The number of phenols is 1. The quantitative estimate of drug-likeness (QED) is 0.621. The van der Waals surface area contributed by atoms with Gasteiger partial charge in [0.2, 0.25) is 5.91 Å². The number of anilines is 1. The normalized spacial score (nSPS) is 10.6. The molecule has 6 heteroatoms. The van der Waals surface area contributed by atoms with Gasteiger partial charge in [-0.25, -0.2) is 4.98 Å². The highest BCUT2D eigenvalue weighted by Crippen LogP contribution is 2.25. The number of aromatic nitrogens is 1. The van der Waals surface area contributed by atoms with Crippen LogP contribution in [0.1, 0.15) is 16.3 Å². The number of nitrogens with zero attached hydrogens (tertiary/aromatic N) is 1. The molecule has 0 bridgehead atoms. The Morgan fingerprint density at radius 2 is 1.88 bits per heavy atom. The molecule has 1 aromatic heterocycles. The van der Waals surface area contributed by atoms with Crippen LogP contribution in [0.2, 0.25) is 0 Å². The summed E-state index contributed by atoms with van der Waals surface area (Å²) in [7, 11) is 0. The molecule has 0 aliphatic rings. The third kappa shape index (κ3) is 5.34. The van der Waals surface area contributed by atoms with Gasteiger partial charge < -0.3 is 10.4 Å². The van der Waals surface area contributed by atoms with Gasteiger partial charge in [0, 0.05) is 21.7 Å². The molecule has 2 aromatic carbocycles. The van der Waals surface area contributed by atoms with Crippen molar-refractivity contribution >= 4 is 34.7 Å². The zero-order valence-corrected chi connectivity index (χ0v) is 15.4. The molecule has 0 spiro atoms. The first-order valence-corrected chi connectivity index (χ1v) is 9.66. The van der Waals surface area contributed by atoms with Crippen LogP contribution in [-0.4, -0.2) is 16.0 Å². The van der Waals surface area contributed by atoms with Crippen molar-refractivity contribution in [1.82, 2.24) is 4.98 Å². The summed E-state index contributed by atoms with van der Waals surface area (Å²) in [6.07, 6.45) is 0.280. The third-order valence-electron chi connectivity index (χ3n) is 3.47. The standard InChI is InChI=1S/C19H18N2O2S2/c1-13-2-4-14(5-3-13)20-18(23)10-19-21-15(12-25-19)11-24-17-8-6-16(22)7-9-17/h2-9,12,22H,10-11H2,1H3,(H,20,23). The fourth-order valence-electron chi connectivity index (χ4n) is 2.18.